The molecule has 1 heterocycles. The summed E-state index contributed by atoms with van der Waals surface area (Å²) in [6.07, 6.45) is 0.914. The average molecular weight is 264 g/mol. The Hall–Kier alpha value is -0.250. The maximum Gasteiger partial charge on any atom is 0.0597 e. The number of halogens is 2. The Morgan fingerprint density at radius 2 is 2.06 bits per heavy atom. The molecule has 1 aromatic rings. The first-order chi connectivity index (χ1) is 7.56. The van der Waals surface area contributed by atoms with Crippen LogP contribution in [0.1, 0.15) is 24.7 Å². The van der Waals surface area contributed by atoms with Crippen LogP contribution in [0.25, 0.3) is 0 Å². The van der Waals surface area contributed by atoms with E-state index in [9.17, 15) is 0 Å². The molecule has 0 amide bonds. The van der Waals surface area contributed by atoms with Crippen molar-refractivity contribution in [2.45, 2.75) is 32.4 Å². The van der Waals surface area contributed by atoms with Gasteiger partial charge in [0, 0.05) is 30.9 Å². The SMILES string of the molecule is CCC(CCl)(CCl)NCc1cc(C)nn1C. The lowest BCUT2D eigenvalue weighted by atomic mass is 10.0. The molecule has 1 rings (SSSR count). The van der Waals surface area contributed by atoms with Crippen molar-refractivity contribution < 1.29 is 0 Å². The molecule has 0 aromatic carbocycles. The summed E-state index contributed by atoms with van der Waals surface area (Å²) in [5.41, 5.74) is 1.99. The first-order valence-corrected chi connectivity index (χ1v) is 6.50. The highest BCUT2D eigenvalue weighted by Gasteiger charge is 2.25. The van der Waals surface area contributed by atoms with Gasteiger partial charge in [-0.2, -0.15) is 5.10 Å². The molecule has 0 saturated heterocycles. The first-order valence-electron chi connectivity index (χ1n) is 5.43. The van der Waals surface area contributed by atoms with Gasteiger partial charge in [0.15, 0.2) is 0 Å². The summed E-state index contributed by atoms with van der Waals surface area (Å²) in [4.78, 5) is 0. The Morgan fingerprint density at radius 1 is 1.44 bits per heavy atom. The Morgan fingerprint density at radius 3 is 2.44 bits per heavy atom. The van der Waals surface area contributed by atoms with E-state index in [0.717, 1.165) is 24.4 Å². The average Bonchev–Trinajstić information content (AvgIpc) is 2.60. The minimum Gasteiger partial charge on any atom is -0.303 e. The lowest BCUT2D eigenvalue weighted by molar-refractivity contribution is 0.378. The first kappa shape index (κ1) is 13.8. The van der Waals surface area contributed by atoms with Crippen molar-refractivity contribution in [3.8, 4) is 0 Å². The molecule has 92 valence electrons. The summed E-state index contributed by atoms with van der Waals surface area (Å²) in [5, 5.41) is 7.73. The van der Waals surface area contributed by atoms with Gasteiger partial charge in [-0.25, -0.2) is 0 Å². The van der Waals surface area contributed by atoms with E-state index in [-0.39, 0.29) is 5.54 Å². The second-order valence-electron chi connectivity index (χ2n) is 4.16. The Balaban J connectivity index is 2.65. The highest BCUT2D eigenvalue weighted by atomic mass is 35.5. The number of nitrogens with zero attached hydrogens (tertiary/aromatic N) is 2. The number of hydrogen-bond donors (Lipinski definition) is 1. The third-order valence-corrected chi connectivity index (χ3v) is 3.95. The fourth-order valence-electron chi connectivity index (χ4n) is 1.55. The van der Waals surface area contributed by atoms with Crippen molar-refractivity contribution in [1.82, 2.24) is 15.1 Å². The molecule has 0 bridgehead atoms. The molecule has 16 heavy (non-hydrogen) atoms. The lowest BCUT2D eigenvalue weighted by Gasteiger charge is -2.29. The third kappa shape index (κ3) is 3.12. The van der Waals surface area contributed by atoms with Crippen LogP contribution in [-0.2, 0) is 13.6 Å². The predicted octanol–water partition coefficient (Wildman–Crippen LogP) is 2.44. The summed E-state index contributed by atoms with van der Waals surface area (Å²) in [6.45, 7) is 4.82. The second kappa shape index (κ2) is 5.89. The zero-order valence-electron chi connectivity index (χ0n) is 10.1. The Kier molecular flexibility index (Phi) is 5.09. The number of alkyl halides is 2. The van der Waals surface area contributed by atoms with Crippen LogP contribution in [0.15, 0.2) is 6.07 Å². The molecule has 0 saturated carbocycles. The van der Waals surface area contributed by atoms with Crippen molar-refractivity contribution in [3.63, 3.8) is 0 Å². The van der Waals surface area contributed by atoms with Gasteiger partial charge in [0.25, 0.3) is 0 Å². The molecule has 0 radical (unpaired) electrons. The summed E-state index contributed by atoms with van der Waals surface area (Å²) >= 11 is 11.9. The molecule has 0 aliphatic carbocycles. The summed E-state index contributed by atoms with van der Waals surface area (Å²) in [6, 6.07) is 2.07. The van der Waals surface area contributed by atoms with Gasteiger partial charge in [-0.1, -0.05) is 6.92 Å². The van der Waals surface area contributed by atoms with Gasteiger partial charge < -0.3 is 5.32 Å². The van der Waals surface area contributed by atoms with Gasteiger partial charge in [0.2, 0.25) is 0 Å². The quantitative estimate of drug-likeness (QED) is 0.800. The van der Waals surface area contributed by atoms with Crippen molar-refractivity contribution in [1.29, 1.82) is 0 Å². The van der Waals surface area contributed by atoms with E-state index in [2.05, 4.69) is 23.4 Å². The summed E-state index contributed by atoms with van der Waals surface area (Å²) < 4.78 is 1.88. The van der Waals surface area contributed by atoms with E-state index in [4.69, 9.17) is 23.2 Å². The molecule has 0 unspecified atom stereocenters. The van der Waals surface area contributed by atoms with Crippen molar-refractivity contribution >= 4 is 23.2 Å². The zero-order chi connectivity index (χ0) is 12.2. The summed E-state index contributed by atoms with van der Waals surface area (Å²) in [7, 11) is 1.94. The normalized spacial score (nSPS) is 12.1. The third-order valence-electron chi connectivity index (χ3n) is 2.93. The molecule has 0 spiro atoms. The fourth-order valence-corrected chi connectivity index (χ4v) is 2.40. The van der Waals surface area contributed by atoms with Crippen LogP contribution in [0.3, 0.4) is 0 Å². The number of rotatable bonds is 6. The van der Waals surface area contributed by atoms with Gasteiger partial charge in [-0.05, 0) is 19.4 Å². The number of nitrogens with one attached hydrogen (secondary N) is 1. The van der Waals surface area contributed by atoms with E-state index in [0.29, 0.717) is 11.8 Å². The highest BCUT2D eigenvalue weighted by Crippen LogP contribution is 2.16. The standard InChI is InChI=1S/C11H19Cl2N3/c1-4-11(7-12,8-13)14-6-10-5-9(2)15-16(10)3/h5,14H,4,6-8H2,1-3H3. The second-order valence-corrected chi connectivity index (χ2v) is 4.69. The molecule has 0 fully saturated rings. The molecular formula is C11H19Cl2N3. The van der Waals surface area contributed by atoms with Crippen LogP contribution in [0, 0.1) is 6.92 Å². The summed E-state index contributed by atoms with van der Waals surface area (Å²) in [5.74, 6) is 1.04. The molecule has 5 heteroatoms. The molecule has 1 aromatic heterocycles. The van der Waals surface area contributed by atoms with Gasteiger partial charge in [-0.3, -0.25) is 4.68 Å². The van der Waals surface area contributed by atoms with Crippen molar-refractivity contribution in [2.24, 2.45) is 7.05 Å². The molecule has 1 N–H and O–H groups in total. The minimum absolute atomic E-state index is 0.179. The fraction of sp³-hybridized carbons (Fsp3) is 0.727. The zero-order valence-corrected chi connectivity index (χ0v) is 11.6. The van der Waals surface area contributed by atoms with Gasteiger partial charge in [-0.15, -0.1) is 23.2 Å². The monoisotopic (exact) mass is 263 g/mol. The molecule has 0 atom stereocenters. The minimum atomic E-state index is -0.179. The molecule has 0 aliphatic heterocycles. The van der Waals surface area contributed by atoms with Crippen LogP contribution in [-0.4, -0.2) is 27.1 Å². The highest BCUT2D eigenvalue weighted by molar-refractivity contribution is 6.22. The smallest absolute Gasteiger partial charge is 0.0597 e. The van der Waals surface area contributed by atoms with Gasteiger partial charge in [0.1, 0.15) is 0 Å². The Labute approximate surface area is 107 Å². The predicted molar refractivity (Wildman–Crippen MR) is 69.2 cm³/mol. The van der Waals surface area contributed by atoms with Crippen LogP contribution < -0.4 is 5.32 Å². The molecule has 3 nitrogen and oxygen atoms in total. The van der Waals surface area contributed by atoms with Gasteiger partial charge in [0.05, 0.1) is 11.4 Å². The number of aryl methyl sites for hydroxylation is 2. The van der Waals surface area contributed by atoms with Crippen LogP contribution in [0.2, 0.25) is 0 Å². The van der Waals surface area contributed by atoms with E-state index in [1.807, 2.05) is 18.7 Å². The topological polar surface area (TPSA) is 29.9 Å². The lowest BCUT2D eigenvalue weighted by Crippen LogP contribution is -2.48. The molecular weight excluding hydrogens is 245 g/mol. The van der Waals surface area contributed by atoms with Gasteiger partial charge >= 0.3 is 0 Å². The Bertz CT molecular complexity index is 324. The number of aromatic nitrogens is 2. The molecule has 0 aliphatic rings. The van der Waals surface area contributed by atoms with E-state index in [1.165, 1.54) is 0 Å². The van der Waals surface area contributed by atoms with Crippen molar-refractivity contribution in [3.05, 3.63) is 17.5 Å². The van der Waals surface area contributed by atoms with E-state index < -0.39 is 0 Å². The largest absolute Gasteiger partial charge is 0.303 e. The van der Waals surface area contributed by atoms with E-state index >= 15 is 0 Å². The number of hydrogen-bond acceptors (Lipinski definition) is 2. The van der Waals surface area contributed by atoms with Crippen molar-refractivity contribution in [2.75, 3.05) is 11.8 Å². The van der Waals surface area contributed by atoms with Crippen LogP contribution in [0.5, 0.6) is 0 Å². The van der Waals surface area contributed by atoms with Crippen LogP contribution >= 0.6 is 23.2 Å². The maximum atomic E-state index is 5.97. The van der Waals surface area contributed by atoms with Crippen LogP contribution in [0.4, 0.5) is 0 Å². The van der Waals surface area contributed by atoms with E-state index in [1.54, 1.807) is 0 Å². The maximum absolute atomic E-state index is 5.97.